The molecule has 0 radical (unpaired) electrons. The van der Waals surface area contributed by atoms with E-state index in [-0.39, 0.29) is 11.3 Å². The van der Waals surface area contributed by atoms with Crippen molar-refractivity contribution >= 4 is 51.8 Å². The van der Waals surface area contributed by atoms with Crippen molar-refractivity contribution in [3.63, 3.8) is 0 Å². The number of aryl methyl sites for hydroxylation is 1. The number of carbonyl (C=O) groups excluding carboxylic acids is 2. The molecule has 140 valence electrons. The molecule has 3 aromatic rings. The van der Waals surface area contributed by atoms with Crippen LogP contribution < -0.4 is 5.32 Å². The fraction of sp³-hybridized carbons (Fsp3) is 0.222. The van der Waals surface area contributed by atoms with Gasteiger partial charge in [-0.1, -0.05) is 34.5 Å². The van der Waals surface area contributed by atoms with E-state index in [0.717, 1.165) is 5.52 Å². The third-order valence-electron chi connectivity index (χ3n) is 3.91. The number of aromatic nitrogens is 3. The summed E-state index contributed by atoms with van der Waals surface area (Å²) in [5.41, 5.74) is 1.94. The molecule has 0 aliphatic carbocycles. The van der Waals surface area contributed by atoms with Gasteiger partial charge in [0.1, 0.15) is 5.52 Å². The predicted molar refractivity (Wildman–Crippen MR) is 103 cm³/mol. The fourth-order valence-corrected chi connectivity index (χ4v) is 2.95. The maximum absolute atomic E-state index is 12.4. The second-order valence-electron chi connectivity index (χ2n) is 5.74. The molecule has 0 aliphatic heterocycles. The number of hydrogen-bond donors (Lipinski definition) is 1. The lowest BCUT2D eigenvalue weighted by molar-refractivity contribution is -0.123. The van der Waals surface area contributed by atoms with Gasteiger partial charge in [0.2, 0.25) is 0 Å². The molecule has 9 heteroatoms. The summed E-state index contributed by atoms with van der Waals surface area (Å²) >= 11 is 12.1. The zero-order chi connectivity index (χ0) is 19.6. The van der Waals surface area contributed by atoms with Crippen LogP contribution >= 0.6 is 23.2 Å². The lowest BCUT2D eigenvalue weighted by Crippen LogP contribution is -2.30. The number of hydrogen-bond acceptors (Lipinski definition) is 5. The Bertz CT molecular complexity index is 999. The third-order valence-corrected chi connectivity index (χ3v) is 4.54. The molecule has 1 atom stereocenters. The number of halogens is 2. The summed E-state index contributed by atoms with van der Waals surface area (Å²) in [7, 11) is 0. The van der Waals surface area contributed by atoms with Crippen LogP contribution in [-0.4, -0.2) is 33.0 Å². The van der Waals surface area contributed by atoms with E-state index in [1.165, 1.54) is 6.92 Å². The summed E-state index contributed by atoms with van der Waals surface area (Å²) < 4.78 is 6.96. The monoisotopic (exact) mass is 406 g/mol. The number of para-hydroxylation sites is 1. The van der Waals surface area contributed by atoms with Crippen LogP contribution in [-0.2, 0) is 16.1 Å². The van der Waals surface area contributed by atoms with Crippen molar-refractivity contribution in [1.82, 2.24) is 15.0 Å². The van der Waals surface area contributed by atoms with E-state index in [4.69, 9.17) is 27.9 Å². The van der Waals surface area contributed by atoms with Gasteiger partial charge in [-0.25, -0.2) is 9.48 Å². The van der Waals surface area contributed by atoms with Crippen molar-refractivity contribution in [2.45, 2.75) is 26.5 Å². The lowest BCUT2D eigenvalue weighted by atomic mass is 10.2. The Balaban J connectivity index is 1.70. The van der Waals surface area contributed by atoms with Crippen LogP contribution in [0.2, 0.25) is 10.0 Å². The summed E-state index contributed by atoms with van der Waals surface area (Å²) in [6.07, 6.45) is -1.05. The molecule has 3 rings (SSSR count). The Labute approximate surface area is 165 Å². The average Bonchev–Trinajstić information content (AvgIpc) is 3.06. The molecule has 1 aromatic heterocycles. The van der Waals surface area contributed by atoms with Crippen LogP contribution in [0.25, 0.3) is 11.0 Å². The van der Waals surface area contributed by atoms with Crippen molar-refractivity contribution in [3.8, 4) is 0 Å². The van der Waals surface area contributed by atoms with E-state index >= 15 is 0 Å². The van der Waals surface area contributed by atoms with Crippen LogP contribution in [0, 0.1) is 0 Å². The number of carbonyl (C=O) groups is 2. The Morgan fingerprint density at radius 1 is 1.22 bits per heavy atom. The summed E-state index contributed by atoms with van der Waals surface area (Å²) in [5.74, 6) is -1.19. The highest BCUT2D eigenvalue weighted by molar-refractivity contribution is 6.39. The number of nitrogens with zero attached hydrogens (tertiary/aromatic N) is 3. The van der Waals surface area contributed by atoms with Gasteiger partial charge in [-0.2, -0.15) is 0 Å². The van der Waals surface area contributed by atoms with Crippen molar-refractivity contribution in [2.75, 3.05) is 5.32 Å². The van der Waals surface area contributed by atoms with Gasteiger partial charge in [-0.15, -0.1) is 5.10 Å². The molecule has 7 nitrogen and oxygen atoms in total. The van der Waals surface area contributed by atoms with Crippen molar-refractivity contribution in [1.29, 1.82) is 0 Å². The molecule has 1 amide bonds. The minimum atomic E-state index is -1.05. The Morgan fingerprint density at radius 2 is 1.93 bits per heavy atom. The van der Waals surface area contributed by atoms with Gasteiger partial charge in [0.05, 0.1) is 26.8 Å². The fourth-order valence-electron chi connectivity index (χ4n) is 2.46. The van der Waals surface area contributed by atoms with E-state index < -0.39 is 18.0 Å². The number of ether oxygens (including phenoxy) is 1. The molecule has 0 saturated carbocycles. The Hall–Kier alpha value is -2.64. The zero-order valence-electron chi connectivity index (χ0n) is 14.6. The first-order valence-electron chi connectivity index (χ1n) is 8.19. The van der Waals surface area contributed by atoms with Crippen molar-refractivity contribution < 1.29 is 14.3 Å². The van der Waals surface area contributed by atoms with Gasteiger partial charge in [0.15, 0.2) is 6.10 Å². The summed E-state index contributed by atoms with van der Waals surface area (Å²) in [4.78, 5) is 24.7. The van der Waals surface area contributed by atoms with Crippen LogP contribution in [0.3, 0.4) is 0 Å². The molecule has 0 spiro atoms. The smallest absolute Gasteiger partial charge is 0.338 e. The number of esters is 1. The molecule has 0 bridgehead atoms. The average molecular weight is 407 g/mol. The van der Waals surface area contributed by atoms with Gasteiger partial charge in [-0.3, -0.25) is 4.79 Å². The number of rotatable bonds is 5. The first-order chi connectivity index (χ1) is 12.9. The van der Waals surface area contributed by atoms with E-state index in [2.05, 4.69) is 15.6 Å². The lowest BCUT2D eigenvalue weighted by Gasteiger charge is -2.15. The SMILES string of the molecule is CCn1nnc2cc(C(=O)O[C@H](C)C(=O)Nc3c(Cl)cccc3Cl)ccc21. The minimum Gasteiger partial charge on any atom is -0.449 e. The van der Waals surface area contributed by atoms with Crippen LogP contribution in [0.4, 0.5) is 5.69 Å². The number of benzene rings is 2. The van der Waals surface area contributed by atoms with Crippen LogP contribution in [0.15, 0.2) is 36.4 Å². The Kier molecular flexibility index (Phi) is 5.62. The van der Waals surface area contributed by atoms with Gasteiger partial charge in [0, 0.05) is 6.54 Å². The topological polar surface area (TPSA) is 86.1 Å². The van der Waals surface area contributed by atoms with Crippen LogP contribution in [0.5, 0.6) is 0 Å². The number of anilines is 1. The van der Waals surface area contributed by atoms with Gasteiger partial charge in [-0.05, 0) is 44.2 Å². The molecular weight excluding hydrogens is 391 g/mol. The molecule has 0 aliphatic rings. The van der Waals surface area contributed by atoms with Crippen molar-refractivity contribution in [3.05, 3.63) is 52.0 Å². The van der Waals surface area contributed by atoms with Gasteiger partial charge < -0.3 is 10.1 Å². The van der Waals surface area contributed by atoms with Crippen molar-refractivity contribution in [2.24, 2.45) is 0 Å². The van der Waals surface area contributed by atoms with E-state index in [9.17, 15) is 9.59 Å². The highest BCUT2D eigenvalue weighted by atomic mass is 35.5. The third kappa shape index (κ3) is 4.04. The highest BCUT2D eigenvalue weighted by Crippen LogP contribution is 2.30. The first kappa shape index (κ1) is 19.1. The number of fused-ring (bicyclic) bond motifs is 1. The molecule has 1 heterocycles. The number of nitrogens with one attached hydrogen (secondary N) is 1. The molecule has 0 fully saturated rings. The second-order valence-corrected chi connectivity index (χ2v) is 6.56. The summed E-state index contributed by atoms with van der Waals surface area (Å²) in [5, 5.41) is 11.2. The van der Waals surface area contributed by atoms with E-state index in [1.54, 1.807) is 41.1 Å². The molecule has 0 saturated heterocycles. The molecule has 0 unspecified atom stereocenters. The quantitative estimate of drug-likeness (QED) is 0.648. The zero-order valence-corrected chi connectivity index (χ0v) is 16.1. The molecule has 27 heavy (non-hydrogen) atoms. The maximum atomic E-state index is 12.4. The predicted octanol–water partition coefficient (Wildman–Crippen LogP) is 3.94. The van der Waals surface area contributed by atoms with Gasteiger partial charge >= 0.3 is 5.97 Å². The molecular formula is C18H16Cl2N4O3. The van der Waals surface area contributed by atoms with Gasteiger partial charge in [0.25, 0.3) is 5.91 Å². The molecule has 1 N–H and O–H groups in total. The highest BCUT2D eigenvalue weighted by Gasteiger charge is 2.21. The van der Waals surface area contributed by atoms with Crippen LogP contribution in [0.1, 0.15) is 24.2 Å². The normalized spacial score (nSPS) is 12.0. The summed E-state index contributed by atoms with van der Waals surface area (Å²) in [6.45, 7) is 4.08. The Morgan fingerprint density at radius 3 is 2.59 bits per heavy atom. The summed E-state index contributed by atoms with van der Waals surface area (Å²) in [6, 6.07) is 9.78. The molecule has 2 aromatic carbocycles. The second kappa shape index (κ2) is 7.94. The first-order valence-corrected chi connectivity index (χ1v) is 8.95. The number of amides is 1. The standard InChI is InChI=1S/C18H16Cl2N4O3/c1-3-24-15-8-7-11(9-14(15)22-23-24)18(26)27-10(2)17(25)21-16-12(19)5-4-6-13(16)20/h4-10H,3H2,1-2H3,(H,21,25)/t10-/m1/s1. The largest absolute Gasteiger partial charge is 0.449 e. The van der Waals surface area contributed by atoms with E-state index in [1.807, 2.05) is 6.92 Å². The maximum Gasteiger partial charge on any atom is 0.338 e. The van der Waals surface area contributed by atoms with E-state index in [0.29, 0.717) is 22.1 Å². The minimum absolute atomic E-state index is 0.270.